The van der Waals surface area contributed by atoms with Crippen molar-refractivity contribution in [3.63, 3.8) is 0 Å². The van der Waals surface area contributed by atoms with Gasteiger partial charge in [0.25, 0.3) is 0 Å². The summed E-state index contributed by atoms with van der Waals surface area (Å²) in [6.07, 6.45) is 9.32. The minimum absolute atomic E-state index is 0.123. The van der Waals surface area contributed by atoms with E-state index in [2.05, 4.69) is 20.4 Å². The zero-order chi connectivity index (χ0) is 19.3. The first kappa shape index (κ1) is 17.1. The van der Waals surface area contributed by atoms with E-state index < -0.39 is 0 Å². The number of aromatic nitrogens is 4. The normalized spacial score (nSPS) is 23.9. The minimum Gasteiger partial charge on any atom is -0.328 e. The van der Waals surface area contributed by atoms with E-state index in [0.29, 0.717) is 5.95 Å². The van der Waals surface area contributed by atoms with Crippen LogP contribution in [0.5, 0.6) is 0 Å². The van der Waals surface area contributed by atoms with Crippen molar-refractivity contribution in [1.82, 2.24) is 24.6 Å². The van der Waals surface area contributed by atoms with Crippen molar-refractivity contribution >= 4 is 22.9 Å². The van der Waals surface area contributed by atoms with Crippen molar-refractivity contribution < 1.29 is 4.79 Å². The monoisotopic (exact) mass is 377 g/mol. The maximum atomic E-state index is 12.8. The van der Waals surface area contributed by atoms with Gasteiger partial charge in [-0.15, -0.1) is 0 Å². The first-order valence-electron chi connectivity index (χ1n) is 9.67. The summed E-state index contributed by atoms with van der Waals surface area (Å²) in [5.74, 6) is 0.329. The van der Waals surface area contributed by atoms with Crippen LogP contribution in [0, 0.1) is 0 Å². The van der Waals surface area contributed by atoms with Crippen molar-refractivity contribution in [3.8, 4) is 11.1 Å². The summed E-state index contributed by atoms with van der Waals surface area (Å²) in [5, 5.41) is 8.04. The van der Waals surface area contributed by atoms with Crippen LogP contribution in [-0.2, 0) is 7.05 Å². The number of nitrogens with two attached hydrogens (primary N) is 1. The molecule has 144 valence electrons. The van der Waals surface area contributed by atoms with Crippen LogP contribution >= 0.6 is 0 Å². The van der Waals surface area contributed by atoms with Gasteiger partial charge in [0.2, 0.25) is 5.95 Å². The third-order valence-corrected chi connectivity index (χ3v) is 5.84. The molecule has 2 aliphatic rings. The lowest BCUT2D eigenvalue weighted by atomic mass is 9.99. The zero-order valence-electron chi connectivity index (χ0n) is 15.7. The van der Waals surface area contributed by atoms with Crippen LogP contribution in [0.15, 0.2) is 36.8 Å². The fourth-order valence-electron chi connectivity index (χ4n) is 4.54. The van der Waals surface area contributed by atoms with Crippen molar-refractivity contribution in [2.75, 3.05) is 5.32 Å². The molecule has 0 saturated carbocycles. The van der Waals surface area contributed by atoms with E-state index >= 15 is 0 Å². The van der Waals surface area contributed by atoms with Crippen LogP contribution in [0.3, 0.4) is 0 Å². The van der Waals surface area contributed by atoms with Gasteiger partial charge in [-0.25, -0.2) is 14.8 Å². The number of amides is 2. The van der Waals surface area contributed by atoms with E-state index in [-0.39, 0.29) is 24.2 Å². The summed E-state index contributed by atoms with van der Waals surface area (Å²) in [7, 11) is 1.89. The number of benzene rings is 1. The molecule has 2 bridgehead atoms. The molecule has 2 saturated heterocycles. The second-order valence-electron chi connectivity index (χ2n) is 7.82. The Kier molecular flexibility index (Phi) is 4.01. The van der Waals surface area contributed by atoms with Gasteiger partial charge in [-0.3, -0.25) is 10.00 Å². The average molecular weight is 377 g/mol. The Morgan fingerprint density at radius 1 is 1.18 bits per heavy atom. The predicted molar refractivity (Wildman–Crippen MR) is 107 cm³/mol. The molecule has 2 aliphatic heterocycles. The highest BCUT2D eigenvalue weighted by atomic mass is 16.2. The topological polar surface area (TPSA) is 102 Å². The van der Waals surface area contributed by atoms with Crippen LogP contribution in [0.2, 0.25) is 0 Å². The number of rotatable bonds is 2. The van der Waals surface area contributed by atoms with Crippen LogP contribution in [0.1, 0.15) is 25.7 Å². The molecule has 1 aromatic carbocycles. The highest BCUT2D eigenvalue weighted by molar-refractivity contribution is 5.90. The van der Waals surface area contributed by atoms with Crippen LogP contribution < -0.4 is 11.1 Å². The standard InChI is InChI=1S/C20H23N7O/c1-26-11-14(10-23-26)12-2-3-13-9-22-19(24-18(13)6-12)25-20(28)27-16-4-5-17(27)8-15(21)7-16/h2-3,6,9-11,15-17H,4-5,7-8,21H2,1H3,(H,22,24,25,28)/t15?,16-,17+. The summed E-state index contributed by atoms with van der Waals surface area (Å²) in [6, 6.07) is 6.53. The predicted octanol–water partition coefficient (Wildman–Crippen LogP) is 2.52. The minimum atomic E-state index is -0.123. The maximum absolute atomic E-state index is 12.8. The number of anilines is 1. The second kappa shape index (κ2) is 6.56. The number of piperidine rings is 1. The second-order valence-corrected chi connectivity index (χ2v) is 7.82. The molecular weight excluding hydrogens is 354 g/mol. The van der Waals surface area contributed by atoms with E-state index in [1.54, 1.807) is 10.9 Å². The Hall–Kier alpha value is -3.00. The smallest absolute Gasteiger partial charge is 0.324 e. The summed E-state index contributed by atoms with van der Waals surface area (Å²) in [5.41, 5.74) is 8.95. The fourth-order valence-corrected chi connectivity index (χ4v) is 4.54. The summed E-state index contributed by atoms with van der Waals surface area (Å²) in [4.78, 5) is 23.7. The fraction of sp³-hybridized carbons (Fsp3) is 0.400. The van der Waals surface area contributed by atoms with Crippen LogP contribution in [0.25, 0.3) is 22.0 Å². The van der Waals surface area contributed by atoms with Gasteiger partial charge in [-0.1, -0.05) is 12.1 Å². The van der Waals surface area contributed by atoms with E-state index in [0.717, 1.165) is 47.7 Å². The summed E-state index contributed by atoms with van der Waals surface area (Å²) in [6.45, 7) is 0. The van der Waals surface area contributed by atoms with Crippen LogP contribution in [0.4, 0.5) is 10.7 Å². The molecule has 0 radical (unpaired) electrons. The van der Waals surface area contributed by atoms with Gasteiger partial charge >= 0.3 is 6.03 Å². The van der Waals surface area contributed by atoms with Gasteiger partial charge in [-0.2, -0.15) is 5.10 Å². The molecule has 3 atom stereocenters. The lowest BCUT2D eigenvalue weighted by molar-refractivity contribution is 0.150. The highest BCUT2D eigenvalue weighted by Gasteiger charge is 2.42. The Balaban J connectivity index is 1.39. The Bertz CT molecular complexity index is 1030. The number of nitrogens with one attached hydrogen (secondary N) is 1. The number of fused-ring (bicyclic) bond motifs is 3. The van der Waals surface area contributed by atoms with Crippen molar-refractivity contribution in [3.05, 3.63) is 36.8 Å². The molecule has 1 unspecified atom stereocenters. The van der Waals surface area contributed by atoms with Gasteiger partial charge in [0.1, 0.15) is 0 Å². The van der Waals surface area contributed by atoms with Crippen LogP contribution in [-0.4, -0.2) is 48.8 Å². The number of carbonyl (C=O) groups is 1. The summed E-state index contributed by atoms with van der Waals surface area (Å²) < 4.78 is 1.77. The van der Waals surface area contributed by atoms with E-state index in [1.807, 2.05) is 42.5 Å². The molecule has 5 rings (SSSR count). The Morgan fingerprint density at radius 2 is 1.96 bits per heavy atom. The Labute approximate surface area is 162 Å². The highest BCUT2D eigenvalue weighted by Crippen LogP contribution is 2.35. The molecule has 2 amide bonds. The largest absolute Gasteiger partial charge is 0.328 e. The number of aryl methyl sites for hydroxylation is 1. The number of nitrogens with zero attached hydrogens (tertiary/aromatic N) is 5. The SMILES string of the molecule is Cn1cc(-c2ccc3cnc(NC(=O)N4[C@@H]5CC[C@H]4CC(N)C5)nc3c2)cn1. The van der Waals surface area contributed by atoms with Gasteiger partial charge in [0.15, 0.2) is 0 Å². The van der Waals surface area contributed by atoms with Crippen molar-refractivity contribution in [2.45, 2.75) is 43.8 Å². The molecule has 2 aromatic heterocycles. The van der Waals surface area contributed by atoms with Gasteiger partial charge in [0, 0.05) is 48.5 Å². The number of urea groups is 1. The maximum Gasteiger partial charge on any atom is 0.324 e. The molecule has 3 aromatic rings. The first-order valence-corrected chi connectivity index (χ1v) is 9.67. The van der Waals surface area contributed by atoms with Crippen molar-refractivity contribution in [1.29, 1.82) is 0 Å². The average Bonchev–Trinajstić information content (AvgIpc) is 3.22. The molecule has 8 heteroatoms. The molecular formula is C20H23N7O. The molecule has 0 aliphatic carbocycles. The lowest BCUT2D eigenvalue weighted by Gasteiger charge is -2.37. The molecule has 4 heterocycles. The molecule has 3 N–H and O–H groups in total. The first-order chi connectivity index (χ1) is 13.6. The number of hydrogen-bond acceptors (Lipinski definition) is 5. The molecule has 0 spiro atoms. The van der Waals surface area contributed by atoms with Gasteiger partial charge < -0.3 is 10.6 Å². The lowest BCUT2D eigenvalue weighted by Crippen LogP contribution is -2.51. The molecule has 2 fully saturated rings. The molecule has 28 heavy (non-hydrogen) atoms. The third-order valence-electron chi connectivity index (χ3n) is 5.84. The van der Waals surface area contributed by atoms with Gasteiger partial charge in [0.05, 0.1) is 11.7 Å². The van der Waals surface area contributed by atoms with Crippen molar-refractivity contribution in [2.24, 2.45) is 12.8 Å². The number of hydrogen-bond donors (Lipinski definition) is 2. The Morgan fingerprint density at radius 3 is 2.68 bits per heavy atom. The molecule has 8 nitrogen and oxygen atoms in total. The van der Waals surface area contributed by atoms with E-state index in [4.69, 9.17) is 5.73 Å². The zero-order valence-corrected chi connectivity index (χ0v) is 15.7. The van der Waals surface area contributed by atoms with E-state index in [1.165, 1.54) is 0 Å². The quantitative estimate of drug-likeness (QED) is 0.714. The summed E-state index contributed by atoms with van der Waals surface area (Å²) >= 11 is 0. The number of carbonyl (C=O) groups excluding carboxylic acids is 1. The third kappa shape index (κ3) is 2.99. The van der Waals surface area contributed by atoms with E-state index in [9.17, 15) is 4.79 Å². The van der Waals surface area contributed by atoms with Gasteiger partial charge in [-0.05, 0) is 37.3 Å².